The van der Waals surface area contributed by atoms with E-state index in [2.05, 4.69) is 61.5 Å². The van der Waals surface area contributed by atoms with E-state index in [0.29, 0.717) is 33.2 Å². The minimum absolute atomic E-state index is 0.288. The molecule has 4 saturated carbocycles. The van der Waals surface area contributed by atoms with E-state index in [9.17, 15) is 0 Å². The first-order valence-electron chi connectivity index (χ1n) is 14.0. The van der Waals surface area contributed by atoms with Gasteiger partial charge in [0.25, 0.3) is 0 Å². The van der Waals surface area contributed by atoms with Gasteiger partial charge >= 0.3 is 0 Å². The molecule has 8 atom stereocenters. The van der Waals surface area contributed by atoms with E-state index >= 15 is 0 Å². The summed E-state index contributed by atoms with van der Waals surface area (Å²) in [5, 5.41) is 0. The maximum atomic E-state index is 6.04. The van der Waals surface area contributed by atoms with Crippen molar-refractivity contribution in [2.45, 2.75) is 126 Å². The van der Waals surface area contributed by atoms with Crippen molar-refractivity contribution in [3.63, 3.8) is 0 Å². The summed E-state index contributed by atoms with van der Waals surface area (Å²) < 4.78 is 6.04. The number of allylic oxidation sites excluding steroid dienone is 2. The van der Waals surface area contributed by atoms with Gasteiger partial charge in [0.15, 0.2) is 0 Å². The highest BCUT2D eigenvalue weighted by Gasteiger charge is 2.66. The molecule has 0 aliphatic heterocycles. The zero-order chi connectivity index (χ0) is 23.4. The molecule has 0 spiro atoms. The average molecular weight is 441 g/mol. The second-order valence-electron chi connectivity index (χ2n) is 15.5. The third-order valence-corrected chi connectivity index (χ3v) is 13.0. The van der Waals surface area contributed by atoms with Gasteiger partial charge in [-0.3, -0.25) is 0 Å². The lowest BCUT2D eigenvalue weighted by molar-refractivity contribution is -0.189. The van der Waals surface area contributed by atoms with Crippen LogP contribution in [0.3, 0.4) is 0 Å². The SMILES string of the molecule is CO[C@H]1CC[C@@]2(C)[C@@H](CC[C@@]3(C)C4=CC[C@@]5(C)CCC(C)(C)C[C@H]5[C@]4(C)CC[C@@H]23)C1(C)C. The molecule has 0 unspecified atom stereocenters. The molecular weight excluding hydrogens is 388 g/mol. The zero-order valence-electron chi connectivity index (χ0n) is 22.9. The summed E-state index contributed by atoms with van der Waals surface area (Å²) in [4.78, 5) is 0. The molecule has 0 aromatic heterocycles. The molecule has 5 rings (SSSR count). The van der Waals surface area contributed by atoms with Gasteiger partial charge in [-0.05, 0) is 114 Å². The molecular formula is C31H52O. The van der Waals surface area contributed by atoms with Crippen LogP contribution < -0.4 is 0 Å². The van der Waals surface area contributed by atoms with Gasteiger partial charge in [0.05, 0.1) is 6.10 Å². The van der Waals surface area contributed by atoms with Crippen molar-refractivity contribution in [1.82, 2.24) is 0 Å². The van der Waals surface area contributed by atoms with Crippen LogP contribution in [0, 0.1) is 50.2 Å². The third-order valence-electron chi connectivity index (χ3n) is 13.0. The van der Waals surface area contributed by atoms with E-state index in [1.54, 1.807) is 0 Å². The van der Waals surface area contributed by atoms with Crippen LogP contribution in [0.25, 0.3) is 0 Å². The van der Waals surface area contributed by atoms with E-state index < -0.39 is 0 Å². The fourth-order valence-electron chi connectivity index (χ4n) is 11.3. The van der Waals surface area contributed by atoms with Crippen LogP contribution in [0.5, 0.6) is 0 Å². The van der Waals surface area contributed by atoms with Crippen LogP contribution in [0.4, 0.5) is 0 Å². The van der Waals surface area contributed by atoms with Crippen molar-refractivity contribution in [3.05, 3.63) is 11.6 Å². The molecule has 0 bridgehead atoms. The summed E-state index contributed by atoms with van der Waals surface area (Å²) in [6.07, 6.45) is 17.1. The van der Waals surface area contributed by atoms with E-state index in [4.69, 9.17) is 4.74 Å². The summed E-state index contributed by atoms with van der Waals surface area (Å²) >= 11 is 0. The first-order valence-corrected chi connectivity index (χ1v) is 14.0. The fraction of sp³-hybridized carbons (Fsp3) is 0.935. The van der Waals surface area contributed by atoms with Crippen molar-refractivity contribution in [3.8, 4) is 0 Å². The molecule has 182 valence electrons. The Labute approximate surface area is 199 Å². The Morgan fingerprint density at radius 1 is 0.719 bits per heavy atom. The van der Waals surface area contributed by atoms with Gasteiger partial charge in [-0.1, -0.05) is 67.0 Å². The second-order valence-corrected chi connectivity index (χ2v) is 15.5. The molecule has 0 radical (unpaired) electrons. The standard InChI is InChI=1S/C31H52O/c1-26(2)18-19-28(5)14-10-22-30(7)15-11-21-27(3,4)25(32-9)13-17-29(21,6)23(30)12-16-31(22,8)24(28)20-26/h10,21,23-25H,11-20H2,1-9H3/t21-,23-,24+,25-,28-,29-,30-,31+/m0/s1. The van der Waals surface area contributed by atoms with E-state index in [-0.39, 0.29) is 5.41 Å². The Kier molecular flexibility index (Phi) is 5.05. The van der Waals surface area contributed by atoms with Crippen molar-refractivity contribution >= 4 is 0 Å². The number of methoxy groups -OCH3 is 1. The number of rotatable bonds is 1. The van der Waals surface area contributed by atoms with Crippen LogP contribution in [-0.2, 0) is 4.74 Å². The first kappa shape index (κ1) is 23.4. The molecule has 0 aromatic rings. The highest BCUT2D eigenvalue weighted by molar-refractivity contribution is 5.34. The summed E-state index contributed by atoms with van der Waals surface area (Å²) in [7, 11) is 1.95. The normalized spacial score (nSPS) is 53.8. The van der Waals surface area contributed by atoms with E-state index in [1.165, 1.54) is 64.2 Å². The zero-order valence-corrected chi connectivity index (χ0v) is 22.9. The highest BCUT2D eigenvalue weighted by atomic mass is 16.5. The predicted octanol–water partition coefficient (Wildman–Crippen LogP) is 8.82. The third kappa shape index (κ3) is 2.91. The number of hydrogen-bond acceptors (Lipinski definition) is 1. The lowest BCUT2D eigenvalue weighted by Gasteiger charge is -2.70. The van der Waals surface area contributed by atoms with Gasteiger partial charge in [-0.25, -0.2) is 0 Å². The Hall–Kier alpha value is -0.300. The lowest BCUT2D eigenvalue weighted by atomic mass is 9.35. The quantitative estimate of drug-likeness (QED) is 0.370. The van der Waals surface area contributed by atoms with Crippen LogP contribution in [0.15, 0.2) is 11.6 Å². The maximum absolute atomic E-state index is 6.04. The molecule has 0 saturated heterocycles. The van der Waals surface area contributed by atoms with Gasteiger partial charge in [-0.2, -0.15) is 0 Å². The monoisotopic (exact) mass is 440 g/mol. The maximum Gasteiger partial charge on any atom is 0.0625 e. The van der Waals surface area contributed by atoms with Gasteiger partial charge in [-0.15, -0.1) is 0 Å². The Bertz CT molecular complexity index is 805. The van der Waals surface area contributed by atoms with E-state index in [1.807, 2.05) is 12.7 Å². The van der Waals surface area contributed by atoms with Crippen molar-refractivity contribution in [2.24, 2.45) is 50.2 Å². The number of fused-ring (bicyclic) bond motifs is 7. The van der Waals surface area contributed by atoms with Crippen LogP contribution in [0.1, 0.15) is 120 Å². The first-order chi connectivity index (χ1) is 14.7. The second kappa shape index (κ2) is 6.89. The molecule has 0 amide bonds. The van der Waals surface area contributed by atoms with Crippen molar-refractivity contribution in [2.75, 3.05) is 7.11 Å². The highest BCUT2D eigenvalue weighted by Crippen LogP contribution is 2.75. The Morgan fingerprint density at radius 2 is 1.34 bits per heavy atom. The Balaban J connectivity index is 1.54. The van der Waals surface area contributed by atoms with Gasteiger partial charge in [0.1, 0.15) is 0 Å². The van der Waals surface area contributed by atoms with Gasteiger partial charge < -0.3 is 4.74 Å². The summed E-state index contributed by atoms with van der Waals surface area (Å²) in [6.45, 7) is 20.9. The molecule has 5 aliphatic rings. The number of ether oxygens (including phenoxy) is 1. The average Bonchev–Trinajstić information content (AvgIpc) is 2.68. The molecule has 1 nitrogen and oxygen atoms in total. The van der Waals surface area contributed by atoms with Crippen molar-refractivity contribution < 1.29 is 4.74 Å². The summed E-state index contributed by atoms with van der Waals surface area (Å²) in [5.74, 6) is 2.49. The van der Waals surface area contributed by atoms with Gasteiger partial charge in [0.2, 0.25) is 0 Å². The topological polar surface area (TPSA) is 9.23 Å². The van der Waals surface area contributed by atoms with Crippen LogP contribution in [0.2, 0.25) is 0 Å². The Morgan fingerprint density at radius 3 is 2.00 bits per heavy atom. The molecule has 0 aromatic carbocycles. The molecule has 1 heteroatoms. The molecule has 5 aliphatic carbocycles. The summed E-state index contributed by atoms with van der Waals surface area (Å²) in [6, 6.07) is 0. The van der Waals surface area contributed by atoms with E-state index in [0.717, 1.165) is 17.8 Å². The number of hydrogen-bond donors (Lipinski definition) is 0. The minimum Gasteiger partial charge on any atom is -0.381 e. The summed E-state index contributed by atoms with van der Waals surface area (Å²) in [5.41, 5.74) is 4.51. The fourth-order valence-corrected chi connectivity index (χ4v) is 11.3. The van der Waals surface area contributed by atoms with Gasteiger partial charge in [0, 0.05) is 7.11 Å². The molecule has 4 fully saturated rings. The van der Waals surface area contributed by atoms with Crippen LogP contribution >= 0.6 is 0 Å². The largest absolute Gasteiger partial charge is 0.381 e. The smallest absolute Gasteiger partial charge is 0.0625 e. The van der Waals surface area contributed by atoms with Crippen molar-refractivity contribution in [1.29, 1.82) is 0 Å². The molecule has 32 heavy (non-hydrogen) atoms. The molecule has 0 heterocycles. The molecule has 0 N–H and O–H groups in total. The predicted molar refractivity (Wildman–Crippen MR) is 136 cm³/mol. The lowest BCUT2D eigenvalue weighted by Crippen LogP contribution is -2.63. The van der Waals surface area contributed by atoms with Crippen LogP contribution in [-0.4, -0.2) is 13.2 Å². The minimum atomic E-state index is 0.288.